The first kappa shape index (κ1) is 46.0. The molecule has 0 aliphatic heterocycles. The van der Waals surface area contributed by atoms with Crippen LogP contribution in [0.2, 0.25) is 0 Å². The molecule has 0 aromatic rings. The third-order valence-corrected chi connectivity index (χ3v) is 9.51. The van der Waals surface area contributed by atoms with Gasteiger partial charge in [0.15, 0.2) is 0 Å². The van der Waals surface area contributed by atoms with E-state index in [4.69, 9.17) is 14.8 Å². The van der Waals surface area contributed by atoms with Crippen molar-refractivity contribution >= 4 is 13.7 Å². The lowest BCUT2D eigenvalue weighted by molar-refractivity contribution is -0.123. The fraction of sp³-hybridized carbons (Fsp3) is 0.868. The zero-order valence-electron chi connectivity index (χ0n) is 30.5. The molecular formula is C38H75N2O6P. The lowest BCUT2D eigenvalue weighted by atomic mass is 10.1. The van der Waals surface area contributed by atoms with Gasteiger partial charge in [-0.05, 0) is 44.9 Å². The Balaban J connectivity index is 4.22. The molecule has 3 unspecified atom stereocenters. The first-order valence-electron chi connectivity index (χ1n) is 19.5. The SMILES string of the molecule is CCCCCCCCC/C=C\CCCCCCCCCC(=O)NC(COP(=O)(O)OCCN)C(O)/C=C/CCCCCCCCCC. The highest BCUT2D eigenvalue weighted by atomic mass is 31.2. The summed E-state index contributed by atoms with van der Waals surface area (Å²) in [5.74, 6) is -0.201. The summed E-state index contributed by atoms with van der Waals surface area (Å²) < 4.78 is 22.0. The van der Waals surface area contributed by atoms with Crippen molar-refractivity contribution < 1.29 is 28.4 Å². The highest BCUT2D eigenvalue weighted by Crippen LogP contribution is 2.43. The number of nitrogens with one attached hydrogen (secondary N) is 1. The maximum atomic E-state index is 12.7. The van der Waals surface area contributed by atoms with Gasteiger partial charge in [0.05, 0.1) is 25.4 Å². The smallest absolute Gasteiger partial charge is 0.387 e. The molecule has 0 aliphatic rings. The number of allylic oxidation sites excluding steroid dienone is 3. The van der Waals surface area contributed by atoms with Crippen LogP contribution in [-0.2, 0) is 18.4 Å². The van der Waals surface area contributed by atoms with Gasteiger partial charge in [-0.3, -0.25) is 13.8 Å². The fourth-order valence-corrected chi connectivity index (χ4v) is 6.30. The number of nitrogens with two attached hydrogens (primary N) is 1. The van der Waals surface area contributed by atoms with E-state index in [1.807, 2.05) is 6.08 Å². The number of hydrogen-bond acceptors (Lipinski definition) is 6. The molecule has 8 nitrogen and oxygen atoms in total. The van der Waals surface area contributed by atoms with E-state index in [-0.39, 0.29) is 25.7 Å². The van der Waals surface area contributed by atoms with E-state index < -0.39 is 20.0 Å². The highest BCUT2D eigenvalue weighted by molar-refractivity contribution is 7.47. The van der Waals surface area contributed by atoms with E-state index in [1.54, 1.807) is 6.08 Å². The fourth-order valence-electron chi connectivity index (χ4n) is 5.54. The maximum absolute atomic E-state index is 12.7. The van der Waals surface area contributed by atoms with Crippen LogP contribution in [-0.4, -0.2) is 47.8 Å². The van der Waals surface area contributed by atoms with E-state index in [9.17, 15) is 19.4 Å². The second kappa shape index (κ2) is 34.8. The molecule has 0 saturated carbocycles. The molecule has 0 rings (SSSR count). The van der Waals surface area contributed by atoms with Gasteiger partial charge in [0.1, 0.15) is 0 Å². The lowest BCUT2D eigenvalue weighted by Gasteiger charge is -2.23. The van der Waals surface area contributed by atoms with Crippen LogP contribution >= 0.6 is 7.82 Å². The number of phosphoric acid groups is 1. The van der Waals surface area contributed by atoms with Gasteiger partial charge in [0.2, 0.25) is 5.91 Å². The largest absolute Gasteiger partial charge is 0.472 e. The van der Waals surface area contributed by atoms with Crippen molar-refractivity contribution in [2.45, 2.75) is 193 Å². The van der Waals surface area contributed by atoms with Crippen LogP contribution in [0.15, 0.2) is 24.3 Å². The van der Waals surface area contributed by atoms with Crippen LogP contribution in [0.25, 0.3) is 0 Å². The Labute approximate surface area is 289 Å². The molecule has 0 heterocycles. The van der Waals surface area contributed by atoms with Crippen LogP contribution in [0, 0.1) is 0 Å². The van der Waals surface area contributed by atoms with Crippen molar-refractivity contribution in [2.24, 2.45) is 5.73 Å². The van der Waals surface area contributed by atoms with Gasteiger partial charge in [-0.2, -0.15) is 0 Å². The van der Waals surface area contributed by atoms with Crippen LogP contribution in [0.4, 0.5) is 0 Å². The molecule has 0 fully saturated rings. The molecule has 3 atom stereocenters. The van der Waals surface area contributed by atoms with Gasteiger partial charge in [-0.1, -0.05) is 154 Å². The number of unbranched alkanes of at least 4 members (excludes halogenated alkanes) is 22. The summed E-state index contributed by atoms with van der Waals surface area (Å²) in [5.41, 5.74) is 5.35. The quantitative estimate of drug-likeness (QED) is 0.0293. The van der Waals surface area contributed by atoms with Crippen molar-refractivity contribution in [1.29, 1.82) is 0 Å². The predicted molar refractivity (Wildman–Crippen MR) is 198 cm³/mol. The molecule has 47 heavy (non-hydrogen) atoms. The van der Waals surface area contributed by atoms with Gasteiger partial charge >= 0.3 is 7.82 Å². The summed E-state index contributed by atoms with van der Waals surface area (Å²) in [6, 6.07) is -0.858. The monoisotopic (exact) mass is 687 g/mol. The molecule has 0 spiro atoms. The van der Waals surface area contributed by atoms with Crippen molar-refractivity contribution in [3.05, 3.63) is 24.3 Å². The molecular weight excluding hydrogens is 611 g/mol. The number of amides is 1. The summed E-state index contributed by atoms with van der Waals surface area (Å²) in [4.78, 5) is 22.6. The highest BCUT2D eigenvalue weighted by Gasteiger charge is 2.26. The number of carbonyl (C=O) groups excluding carboxylic acids is 1. The number of aliphatic hydroxyl groups excluding tert-OH is 1. The zero-order chi connectivity index (χ0) is 34.7. The normalized spacial score (nSPS) is 14.6. The van der Waals surface area contributed by atoms with E-state index in [2.05, 4.69) is 31.3 Å². The number of aliphatic hydroxyl groups is 1. The van der Waals surface area contributed by atoms with Crippen molar-refractivity contribution in [2.75, 3.05) is 19.8 Å². The van der Waals surface area contributed by atoms with Gasteiger partial charge in [-0.25, -0.2) is 4.57 Å². The third-order valence-electron chi connectivity index (χ3n) is 8.52. The number of carbonyl (C=O) groups is 1. The Hall–Kier alpha value is -1.02. The summed E-state index contributed by atoms with van der Waals surface area (Å²) in [6.45, 7) is 4.10. The molecule has 0 bridgehead atoms. The third kappa shape index (κ3) is 33.3. The summed E-state index contributed by atoms with van der Waals surface area (Å²) in [7, 11) is -4.33. The van der Waals surface area contributed by atoms with E-state index in [0.29, 0.717) is 6.42 Å². The van der Waals surface area contributed by atoms with Crippen molar-refractivity contribution in [3.8, 4) is 0 Å². The number of phosphoric ester groups is 1. The molecule has 5 N–H and O–H groups in total. The standard InChI is InChI=1S/C38H75N2O6P/c1-3-5-7-9-11-13-15-16-17-18-19-20-21-22-24-26-28-30-32-38(42)40-36(35-46-47(43,44)45-34-33-39)37(41)31-29-27-25-23-14-12-10-8-6-4-2/h17-18,29,31,36-37,41H,3-16,19-28,30,32-35,39H2,1-2H3,(H,40,42)(H,43,44)/b18-17-,31-29+. The molecule has 0 aromatic heterocycles. The predicted octanol–water partition coefficient (Wildman–Crippen LogP) is 10.2. The van der Waals surface area contributed by atoms with Crippen LogP contribution in [0.5, 0.6) is 0 Å². The van der Waals surface area contributed by atoms with Crippen LogP contribution < -0.4 is 11.1 Å². The summed E-state index contributed by atoms with van der Waals surface area (Å²) >= 11 is 0. The van der Waals surface area contributed by atoms with E-state index >= 15 is 0 Å². The minimum Gasteiger partial charge on any atom is -0.387 e. The van der Waals surface area contributed by atoms with E-state index in [0.717, 1.165) is 38.5 Å². The summed E-state index contributed by atoms with van der Waals surface area (Å²) in [6.07, 6.45) is 37.9. The first-order valence-corrected chi connectivity index (χ1v) is 21.0. The van der Waals surface area contributed by atoms with Gasteiger partial charge in [-0.15, -0.1) is 0 Å². The molecule has 9 heteroatoms. The second-order valence-electron chi connectivity index (χ2n) is 13.1. The Morgan fingerprint density at radius 3 is 1.57 bits per heavy atom. The molecule has 0 radical (unpaired) electrons. The average molecular weight is 687 g/mol. The maximum Gasteiger partial charge on any atom is 0.472 e. The Bertz CT molecular complexity index is 794. The van der Waals surface area contributed by atoms with Gasteiger partial charge in [0, 0.05) is 13.0 Å². The minimum absolute atomic E-state index is 0.0783. The number of hydrogen-bond donors (Lipinski definition) is 4. The molecule has 0 aromatic carbocycles. The van der Waals surface area contributed by atoms with Crippen molar-refractivity contribution in [1.82, 2.24) is 5.32 Å². The second-order valence-corrected chi connectivity index (χ2v) is 14.6. The average Bonchev–Trinajstić information content (AvgIpc) is 3.05. The Kier molecular flexibility index (Phi) is 34.1. The minimum atomic E-state index is -4.33. The van der Waals surface area contributed by atoms with Crippen LogP contribution in [0.1, 0.15) is 181 Å². The van der Waals surface area contributed by atoms with E-state index in [1.165, 1.54) is 122 Å². The molecule has 0 saturated heterocycles. The topological polar surface area (TPSA) is 131 Å². The Morgan fingerprint density at radius 1 is 0.681 bits per heavy atom. The molecule has 0 aliphatic carbocycles. The lowest BCUT2D eigenvalue weighted by Crippen LogP contribution is -2.45. The van der Waals surface area contributed by atoms with Crippen molar-refractivity contribution in [3.63, 3.8) is 0 Å². The summed E-state index contributed by atoms with van der Waals surface area (Å²) in [5, 5.41) is 13.6. The first-order chi connectivity index (χ1) is 22.9. The Morgan fingerprint density at radius 2 is 1.11 bits per heavy atom. The molecule has 1 amide bonds. The van der Waals surface area contributed by atoms with Gasteiger partial charge in [0.25, 0.3) is 0 Å². The number of rotatable bonds is 36. The molecule has 278 valence electrons. The van der Waals surface area contributed by atoms with Crippen LogP contribution in [0.3, 0.4) is 0 Å². The zero-order valence-corrected chi connectivity index (χ0v) is 31.4. The van der Waals surface area contributed by atoms with Gasteiger partial charge < -0.3 is 21.1 Å².